The number of carboxylic acid groups (broad SMARTS) is 1. The first-order valence-corrected chi connectivity index (χ1v) is 12.7. The maximum Gasteiger partial charge on any atom is 0.338 e. The fraction of sp³-hybridized carbons (Fsp3) is 0.387. The maximum absolute atomic E-state index is 14.2. The molecule has 0 amide bonds. The molecule has 0 heterocycles. The van der Waals surface area contributed by atoms with Crippen LogP contribution in [0.25, 0.3) is 11.1 Å². The maximum atomic E-state index is 14.2. The summed E-state index contributed by atoms with van der Waals surface area (Å²) < 4.78 is 20.7. The first-order chi connectivity index (χ1) is 16.9. The zero-order valence-electron chi connectivity index (χ0n) is 20.7. The van der Waals surface area contributed by atoms with Gasteiger partial charge in [-0.15, -0.1) is 0 Å². The summed E-state index contributed by atoms with van der Waals surface area (Å²) in [6, 6.07) is 19.0. The number of rotatable bonds is 9. The van der Waals surface area contributed by atoms with Gasteiger partial charge in [0.25, 0.3) is 0 Å². The number of carboxylic acids is 1. The summed E-state index contributed by atoms with van der Waals surface area (Å²) in [6.07, 6.45) is 9.07. The third-order valence-electron chi connectivity index (χ3n) is 7.26. The van der Waals surface area contributed by atoms with Crippen LogP contribution in [0.5, 0.6) is 0 Å². The van der Waals surface area contributed by atoms with Gasteiger partial charge in [-0.1, -0.05) is 86.2 Å². The number of carbonyl (C=O) groups is 1. The number of hydrogen-bond acceptors (Lipinski definition) is 2. The van der Waals surface area contributed by atoms with Gasteiger partial charge in [-0.05, 0) is 72.6 Å². The topological polar surface area (TPSA) is 46.5 Å². The van der Waals surface area contributed by atoms with Gasteiger partial charge in [-0.3, -0.25) is 0 Å². The van der Waals surface area contributed by atoms with E-state index in [2.05, 4.69) is 37.3 Å². The summed E-state index contributed by atoms with van der Waals surface area (Å²) in [5.41, 5.74) is 5.80. The Labute approximate surface area is 208 Å². The van der Waals surface area contributed by atoms with Crippen LogP contribution in [0.1, 0.15) is 83.7 Å². The third kappa shape index (κ3) is 6.58. The molecule has 4 heteroatoms. The van der Waals surface area contributed by atoms with Gasteiger partial charge in [0.15, 0.2) is 0 Å². The molecule has 3 nitrogen and oxygen atoms in total. The Morgan fingerprint density at radius 3 is 2.40 bits per heavy atom. The highest BCUT2D eigenvalue weighted by atomic mass is 19.1. The van der Waals surface area contributed by atoms with E-state index in [-0.39, 0.29) is 11.7 Å². The van der Waals surface area contributed by atoms with E-state index in [1.807, 2.05) is 19.1 Å². The van der Waals surface area contributed by atoms with Gasteiger partial charge >= 0.3 is 5.97 Å². The van der Waals surface area contributed by atoms with E-state index in [0.29, 0.717) is 12.2 Å². The molecule has 4 rings (SSSR count). The lowest BCUT2D eigenvalue weighted by Crippen LogP contribution is -2.11. The Morgan fingerprint density at radius 2 is 1.74 bits per heavy atom. The number of ether oxygens (including phenoxy) is 1. The van der Waals surface area contributed by atoms with Crippen LogP contribution in [0.4, 0.5) is 4.39 Å². The van der Waals surface area contributed by atoms with Crippen LogP contribution in [0, 0.1) is 25.6 Å². The van der Waals surface area contributed by atoms with Crippen molar-refractivity contribution in [2.45, 2.75) is 71.5 Å². The van der Waals surface area contributed by atoms with Crippen LogP contribution in [0.3, 0.4) is 0 Å². The van der Waals surface area contributed by atoms with Gasteiger partial charge in [0, 0.05) is 0 Å². The van der Waals surface area contributed by atoms with Gasteiger partial charge < -0.3 is 9.84 Å². The minimum Gasteiger partial charge on any atom is -0.478 e. The average molecular weight is 475 g/mol. The minimum absolute atomic E-state index is 0.0650. The Hall–Kier alpha value is -2.98. The van der Waals surface area contributed by atoms with E-state index in [1.54, 1.807) is 6.07 Å². The molecule has 0 aromatic heterocycles. The zero-order chi connectivity index (χ0) is 24.8. The molecule has 1 N–H and O–H groups in total. The number of halogens is 1. The molecule has 35 heavy (non-hydrogen) atoms. The molecule has 1 atom stereocenters. The van der Waals surface area contributed by atoms with Gasteiger partial charge in [0.1, 0.15) is 5.82 Å². The summed E-state index contributed by atoms with van der Waals surface area (Å²) in [7, 11) is 0. The van der Waals surface area contributed by atoms with E-state index in [4.69, 9.17) is 9.84 Å². The third-order valence-corrected chi connectivity index (χ3v) is 7.26. The van der Waals surface area contributed by atoms with Crippen molar-refractivity contribution in [2.75, 3.05) is 0 Å². The van der Waals surface area contributed by atoms with E-state index in [1.165, 1.54) is 61.8 Å². The van der Waals surface area contributed by atoms with Gasteiger partial charge in [-0.25, -0.2) is 9.18 Å². The smallest absolute Gasteiger partial charge is 0.338 e. The Balaban J connectivity index is 1.46. The van der Waals surface area contributed by atoms with E-state index >= 15 is 0 Å². The van der Waals surface area contributed by atoms with Crippen molar-refractivity contribution in [3.63, 3.8) is 0 Å². The highest BCUT2D eigenvalue weighted by Gasteiger charge is 2.19. The van der Waals surface area contributed by atoms with Crippen molar-refractivity contribution in [1.82, 2.24) is 0 Å². The SMILES string of the molecule is Cc1ccc(C(CCC2CCCCC2)OCc2ccc(-c3ccc(C(=O)O)c(F)c3)c(C)c2)cc1. The minimum atomic E-state index is -1.26. The second kappa shape index (κ2) is 11.6. The second-order valence-electron chi connectivity index (χ2n) is 9.94. The van der Waals surface area contributed by atoms with Gasteiger partial charge in [0.05, 0.1) is 18.3 Å². The summed E-state index contributed by atoms with van der Waals surface area (Å²) in [5.74, 6) is -1.17. The van der Waals surface area contributed by atoms with Gasteiger partial charge in [0.2, 0.25) is 0 Å². The van der Waals surface area contributed by atoms with Crippen molar-refractivity contribution < 1.29 is 19.0 Å². The summed E-state index contributed by atoms with van der Waals surface area (Å²) in [5, 5.41) is 9.08. The predicted molar refractivity (Wildman–Crippen MR) is 138 cm³/mol. The molecule has 3 aromatic rings. The van der Waals surface area contributed by atoms with Crippen molar-refractivity contribution in [2.24, 2.45) is 5.92 Å². The summed E-state index contributed by atoms with van der Waals surface area (Å²) in [4.78, 5) is 11.1. The van der Waals surface area contributed by atoms with Crippen molar-refractivity contribution in [1.29, 1.82) is 0 Å². The molecule has 1 saturated carbocycles. The largest absolute Gasteiger partial charge is 0.478 e. The van der Waals surface area contributed by atoms with Crippen LogP contribution in [-0.4, -0.2) is 11.1 Å². The quantitative estimate of drug-likeness (QED) is 0.338. The molecule has 3 aromatic carbocycles. The molecule has 0 saturated heterocycles. The first-order valence-electron chi connectivity index (χ1n) is 12.7. The summed E-state index contributed by atoms with van der Waals surface area (Å²) >= 11 is 0. The highest BCUT2D eigenvalue weighted by Crippen LogP contribution is 2.33. The van der Waals surface area contributed by atoms with Crippen LogP contribution in [0.2, 0.25) is 0 Å². The molecule has 184 valence electrons. The normalized spacial score (nSPS) is 15.2. The van der Waals surface area contributed by atoms with Gasteiger partial charge in [-0.2, -0.15) is 0 Å². The van der Waals surface area contributed by atoms with Crippen LogP contribution in [-0.2, 0) is 11.3 Å². The molecule has 1 unspecified atom stereocenters. The van der Waals surface area contributed by atoms with E-state index < -0.39 is 11.8 Å². The average Bonchev–Trinajstić information content (AvgIpc) is 2.85. The van der Waals surface area contributed by atoms with Crippen LogP contribution < -0.4 is 0 Å². The zero-order valence-corrected chi connectivity index (χ0v) is 20.7. The van der Waals surface area contributed by atoms with Crippen LogP contribution >= 0.6 is 0 Å². The molecule has 1 aliphatic carbocycles. The fourth-order valence-corrected chi connectivity index (χ4v) is 5.18. The molecule has 1 aliphatic rings. The lowest BCUT2D eigenvalue weighted by molar-refractivity contribution is 0.0284. The highest BCUT2D eigenvalue weighted by molar-refractivity contribution is 5.88. The first kappa shape index (κ1) is 25.1. The fourth-order valence-electron chi connectivity index (χ4n) is 5.18. The molecular weight excluding hydrogens is 439 g/mol. The Morgan fingerprint density at radius 1 is 1.00 bits per heavy atom. The van der Waals surface area contributed by atoms with E-state index in [0.717, 1.165) is 29.0 Å². The number of benzene rings is 3. The standard InChI is InChI=1S/C31H35FO3/c1-21-8-12-25(13-9-21)30(17-11-23-6-4-3-5-7-23)35-20-24-10-15-27(22(2)18-24)26-14-16-28(31(33)34)29(32)19-26/h8-10,12-16,18-19,23,30H,3-7,11,17,20H2,1-2H3,(H,33,34). The van der Waals surface area contributed by atoms with Crippen LogP contribution in [0.15, 0.2) is 60.7 Å². The van der Waals surface area contributed by atoms with E-state index in [9.17, 15) is 9.18 Å². The monoisotopic (exact) mass is 474 g/mol. The molecule has 0 bridgehead atoms. The molecule has 0 aliphatic heterocycles. The number of aromatic carboxylic acids is 1. The number of aryl methyl sites for hydroxylation is 2. The predicted octanol–water partition coefficient (Wildman–Crippen LogP) is 8.43. The lowest BCUT2D eigenvalue weighted by Gasteiger charge is -2.25. The molecule has 0 spiro atoms. The molecule has 0 radical (unpaired) electrons. The van der Waals surface area contributed by atoms with Crippen molar-refractivity contribution in [3.8, 4) is 11.1 Å². The van der Waals surface area contributed by atoms with Crippen molar-refractivity contribution in [3.05, 3.63) is 94.3 Å². The summed E-state index contributed by atoms with van der Waals surface area (Å²) in [6.45, 7) is 4.60. The molecular formula is C31H35FO3. The number of hydrogen-bond donors (Lipinski definition) is 1. The second-order valence-corrected chi connectivity index (χ2v) is 9.94. The molecule has 1 fully saturated rings. The lowest BCUT2D eigenvalue weighted by atomic mass is 9.85. The Kier molecular flexibility index (Phi) is 8.35. The van der Waals surface area contributed by atoms with Crippen molar-refractivity contribution >= 4 is 5.97 Å². The Bertz CT molecular complexity index is 1150.